The third-order valence-electron chi connectivity index (χ3n) is 6.71. The van der Waals surface area contributed by atoms with Crippen molar-refractivity contribution in [2.45, 2.75) is 45.6 Å². The van der Waals surface area contributed by atoms with Gasteiger partial charge in [-0.25, -0.2) is 0 Å². The highest BCUT2D eigenvalue weighted by Crippen LogP contribution is 2.45. The molecule has 0 amide bonds. The average Bonchev–Trinajstić information content (AvgIpc) is 3.40. The largest absolute Gasteiger partial charge is 0.416 e. The minimum Gasteiger partial charge on any atom is -0.379 e. The predicted octanol–water partition coefficient (Wildman–Crippen LogP) is 6.59. The van der Waals surface area contributed by atoms with Crippen molar-refractivity contribution < 1.29 is 0 Å². The molecule has 0 radical (unpaired) electrons. The van der Waals surface area contributed by atoms with E-state index in [9.17, 15) is 0 Å². The van der Waals surface area contributed by atoms with Crippen LogP contribution in [-0.4, -0.2) is 11.5 Å². The molecular formula is C29H31BN2. The molecule has 1 aliphatic heterocycles. The van der Waals surface area contributed by atoms with E-state index >= 15 is 0 Å². The standard InChI is InChI=1S/C29H31BN2/c1-21(2)25-17-11-18-26(22(3)4)29(25)32-28(23-13-7-5-8-14-23)27-19-12-20-31(27)30(32)24-15-9-6-10-16-24/h5-22,28H,1-4H3/t28-/m0/s1. The number of nitrogens with zero attached hydrogens (tertiary/aromatic N) is 2. The maximum absolute atomic E-state index is 2.69. The Morgan fingerprint density at radius 2 is 1.25 bits per heavy atom. The molecule has 0 saturated heterocycles. The lowest BCUT2D eigenvalue weighted by Gasteiger charge is -2.36. The number of benzene rings is 3. The number of hydrogen-bond acceptors (Lipinski definition) is 1. The van der Waals surface area contributed by atoms with Crippen LogP contribution in [0.25, 0.3) is 0 Å². The summed E-state index contributed by atoms with van der Waals surface area (Å²) in [7, 11) is 0. The summed E-state index contributed by atoms with van der Waals surface area (Å²) >= 11 is 0. The third-order valence-corrected chi connectivity index (χ3v) is 6.71. The van der Waals surface area contributed by atoms with E-state index in [1.165, 1.54) is 33.5 Å². The first kappa shape index (κ1) is 20.7. The zero-order valence-electron chi connectivity index (χ0n) is 19.4. The summed E-state index contributed by atoms with van der Waals surface area (Å²) in [6.45, 7) is 9.37. The average molecular weight is 418 g/mol. The Labute approximate surface area is 192 Å². The Morgan fingerprint density at radius 3 is 1.84 bits per heavy atom. The molecule has 1 atom stereocenters. The van der Waals surface area contributed by atoms with Crippen molar-refractivity contribution in [3.63, 3.8) is 0 Å². The molecule has 4 aromatic rings. The van der Waals surface area contributed by atoms with E-state index in [1.807, 2.05) is 0 Å². The maximum atomic E-state index is 2.69. The van der Waals surface area contributed by atoms with Crippen LogP contribution in [0.1, 0.15) is 68.0 Å². The molecule has 0 saturated carbocycles. The third kappa shape index (κ3) is 3.37. The van der Waals surface area contributed by atoms with Crippen molar-refractivity contribution in [2.75, 3.05) is 4.81 Å². The topological polar surface area (TPSA) is 8.17 Å². The number of rotatable bonds is 5. The Bertz CT molecular complexity index is 1110. The Morgan fingerprint density at radius 1 is 0.656 bits per heavy atom. The summed E-state index contributed by atoms with van der Waals surface area (Å²) in [5.41, 5.74) is 8.23. The van der Waals surface area contributed by atoms with Crippen molar-refractivity contribution in [3.05, 3.63) is 120 Å². The van der Waals surface area contributed by atoms with Crippen LogP contribution < -0.4 is 10.3 Å². The normalized spacial score (nSPS) is 15.6. The van der Waals surface area contributed by atoms with E-state index in [4.69, 9.17) is 0 Å². The summed E-state index contributed by atoms with van der Waals surface area (Å²) in [6.07, 6.45) is 2.25. The van der Waals surface area contributed by atoms with Crippen LogP contribution in [0.15, 0.2) is 97.2 Å². The van der Waals surface area contributed by atoms with Crippen molar-refractivity contribution >= 4 is 18.1 Å². The van der Waals surface area contributed by atoms with Crippen molar-refractivity contribution in [1.29, 1.82) is 0 Å². The SMILES string of the molecule is CC(C)c1cccc(C(C)C)c1N1B(c2ccccc2)n2cccc2[C@@H]1c1ccccc1. The lowest BCUT2D eigenvalue weighted by atomic mass is 9.65. The van der Waals surface area contributed by atoms with Gasteiger partial charge in [-0.3, -0.25) is 0 Å². The Balaban J connectivity index is 1.83. The van der Waals surface area contributed by atoms with Gasteiger partial charge in [0.1, 0.15) is 0 Å². The van der Waals surface area contributed by atoms with Gasteiger partial charge in [-0.05, 0) is 52.3 Å². The minimum absolute atomic E-state index is 0.115. The van der Waals surface area contributed by atoms with E-state index in [2.05, 4.69) is 134 Å². The molecule has 2 nitrogen and oxygen atoms in total. The van der Waals surface area contributed by atoms with Crippen LogP contribution in [0, 0.1) is 0 Å². The second-order valence-electron chi connectivity index (χ2n) is 9.44. The molecule has 2 heterocycles. The molecule has 0 aliphatic carbocycles. The van der Waals surface area contributed by atoms with Crippen LogP contribution >= 0.6 is 0 Å². The summed E-state index contributed by atoms with van der Waals surface area (Å²) in [6, 6.07) is 33.5. The molecule has 3 heteroatoms. The number of para-hydroxylation sites is 1. The molecule has 0 fully saturated rings. The fraction of sp³-hybridized carbons (Fsp3) is 0.241. The maximum Gasteiger partial charge on any atom is 0.416 e. The molecular weight excluding hydrogens is 387 g/mol. The zero-order chi connectivity index (χ0) is 22.2. The van der Waals surface area contributed by atoms with Crippen LogP contribution in [-0.2, 0) is 0 Å². The van der Waals surface area contributed by atoms with Gasteiger partial charge in [0.2, 0.25) is 0 Å². The number of fused-ring (bicyclic) bond motifs is 1. The van der Waals surface area contributed by atoms with Gasteiger partial charge in [0.25, 0.3) is 0 Å². The molecule has 3 aromatic carbocycles. The van der Waals surface area contributed by atoms with Gasteiger partial charge >= 0.3 is 6.98 Å². The predicted molar refractivity (Wildman–Crippen MR) is 137 cm³/mol. The second kappa shape index (κ2) is 8.39. The molecule has 0 bridgehead atoms. The highest BCUT2D eigenvalue weighted by Gasteiger charge is 2.45. The van der Waals surface area contributed by atoms with Gasteiger partial charge in [0, 0.05) is 11.4 Å². The van der Waals surface area contributed by atoms with E-state index in [-0.39, 0.29) is 13.0 Å². The second-order valence-corrected chi connectivity index (χ2v) is 9.44. The molecule has 5 rings (SSSR count). The van der Waals surface area contributed by atoms with Crippen LogP contribution in [0.2, 0.25) is 0 Å². The summed E-state index contributed by atoms with van der Waals surface area (Å²) in [5.74, 6) is 0.882. The van der Waals surface area contributed by atoms with Crippen LogP contribution in [0.5, 0.6) is 0 Å². The monoisotopic (exact) mass is 418 g/mol. The van der Waals surface area contributed by atoms with Crippen LogP contribution in [0.4, 0.5) is 5.69 Å². The first-order valence-electron chi connectivity index (χ1n) is 11.8. The summed E-state index contributed by atoms with van der Waals surface area (Å²) < 4.78 is 2.47. The summed E-state index contributed by atoms with van der Waals surface area (Å²) in [4.78, 5) is 2.69. The fourth-order valence-electron chi connectivity index (χ4n) is 5.25. The van der Waals surface area contributed by atoms with Gasteiger partial charge < -0.3 is 9.29 Å². The van der Waals surface area contributed by atoms with E-state index in [1.54, 1.807) is 0 Å². The lowest BCUT2D eigenvalue weighted by molar-refractivity contribution is 0.796. The molecule has 160 valence electrons. The molecule has 1 aliphatic rings. The lowest BCUT2D eigenvalue weighted by Crippen LogP contribution is -2.50. The molecule has 1 aromatic heterocycles. The van der Waals surface area contributed by atoms with E-state index in [0.717, 1.165) is 0 Å². The quantitative estimate of drug-likeness (QED) is 0.332. The summed E-state index contributed by atoms with van der Waals surface area (Å²) in [5, 5.41) is 0. The van der Waals surface area contributed by atoms with Gasteiger partial charge in [-0.1, -0.05) is 107 Å². The number of hydrogen-bond donors (Lipinski definition) is 0. The zero-order valence-corrected chi connectivity index (χ0v) is 19.4. The van der Waals surface area contributed by atoms with Crippen molar-refractivity contribution in [2.24, 2.45) is 0 Å². The van der Waals surface area contributed by atoms with E-state index in [0.29, 0.717) is 11.8 Å². The van der Waals surface area contributed by atoms with Gasteiger partial charge in [0.05, 0.1) is 6.04 Å². The van der Waals surface area contributed by atoms with Crippen molar-refractivity contribution in [3.8, 4) is 0 Å². The number of anilines is 1. The number of aromatic nitrogens is 1. The highest BCUT2D eigenvalue weighted by atomic mass is 15.3. The fourth-order valence-corrected chi connectivity index (χ4v) is 5.25. The first-order valence-corrected chi connectivity index (χ1v) is 11.8. The van der Waals surface area contributed by atoms with Gasteiger partial charge in [-0.15, -0.1) is 0 Å². The van der Waals surface area contributed by atoms with Gasteiger partial charge in [-0.2, -0.15) is 0 Å². The molecule has 0 unspecified atom stereocenters. The van der Waals surface area contributed by atoms with Crippen molar-refractivity contribution in [1.82, 2.24) is 4.48 Å². The molecule has 32 heavy (non-hydrogen) atoms. The van der Waals surface area contributed by atoms with Gasteiger partial charge in [0.15, 0.2) is 0 Å². The Hall–Kier alpha value is -3.20. The molecule has 0 N–H and O–H groups in total. The highest BCUT2D eigenvalue weighted by molar-refractivity contribution is 6.76. The van der Waals surface area contributed by atoms with Crippen LogP contribution in [0.3, 0.4) is 0 Å². The first-order chi connectivity index (χ1) is 15.6. The minimum atomic E-state index is 0.115. The van der Waals surface area contributed by atoms with E-state index < -0.39 is 0 Å². The smallest absolute Gasteiger partial charge is 0.379 e. The molecule has 0 spiro atoms. The Kier molecular flexibility index (Phi) is 5.42.